The third-order valence-corrected chi connectivity index (χ3v) is 7.09. The average molecular weight is 449 g/mol. The van der Waals surface area contributed by atoms with Crippen LogP contribution in [0, 0.1) is 11.8 Å². The van der Waals surface area contributed by atoms with E-state index in [0.29, 0.717) is 43.8 Å². The molecule has 0 unspecified atom stereocenters. The molecule has 1 saturated carbocycles. The Morgan fingerprint density at radius 3 is 2.38 bits per heavy atom. The Hall–Kier alpha value is -2.28. The van der Waals surface area contributed by atoms with Crippen LogP contribution in [-0.2, 0) is 17.5 Å². The number of aliphatic carboxylic acids is 1. The lowest BCUT2D eigenvalue weighted by Gasteiger charge is -2.30. The van der Waals surface area contributed by atoms with Crippen molar-refractivity contribution in [2.45, 2.75) is 64.2 Å². The van der Waals surface area contributed by atoms with Gasteiger partial charge in [0.25, 0.3) is 0 Å². The van der Waals surface area contributed by atoms with E-state index < -0.39 is 17.7 Å². The molecule has 2 aromatic rings. The second-order valence-corrected chi connectivity index (χ2v) is 9.53. The summed E-state index contributed by atoms with van der Waals surface area (Å²) < 4.78 is 42.2. The van der Waals surface area contributed by atoms with Gasteiger partial charge in [0, 0.05) is 18.3 Å². The first-order valence-corrected chi connectivity index (χ1v) is 11.5. The molecule has 4 nitrogen and oxygen atoms in total. The number of benzene rings is 2. The first-order valence-electron chi connectivity index (χ1n) is 11.5. The zero-order valence-corrected chi connectivity index (χ0v) is 18.4. The first-order chi connectivity index (χ1) is 15.2. The SMILES string of the molecule is C[C@H]1CC[C@@H](Nc2ccc3cc(CN4CCC(C(=O)O)CC4)ccc3c2C(F)(F)F)CC1. The fourth-order valence-corrected chi connectivity index (χ4v) is 5.12. The minimum absolute atomic E-state index is 0.0813. The zero-order valence-electron chi connectivity index (χ0n) is 18.4. The first kappa shape index (κ1) is 22.9. The van der Waals surface area contributed by atoms with Crippen LogP contribution in [0.3, 0.4) is 0 Å². The van der Waals surface area contributed by atoms with Crippen LogP contribution in [0.25, 0.3) is 10.8 Å². The summed E-state index contributed by atoms with van der Waals surface area (Å²) in [5.41, 5.74) is 0.539. The largest absolute Gasteiger partial charge is 0.481 e. The summed E-state index contributed by atoms with van der Waals surface area (Å²) in [5.74, 6) is -0.405. The molecule has 0 amide bonds. The highest BCUT2D eigenvalue weighted by molar-refractivity contribution is 5.91. The van der Waals surface area contributed by atoms with Gasteiger partial charge in [-0.05, 0) is 86.0 Å². The normalized spacial score (nSPS) is 23.4. The van der Waals surface area contributed by atoms with Crippen molar-refractivity contribution in [2.75, 3.05) is 18.4 Å². The Morgan fingerprint density at radius 1 is 1.06 bits per heavy atom. The maximum Gasteiger partial charge on any atom is 0.418 e. The molecule has 0 spiro atoms. The van der Waals surface area contributed by atoms with Gasteiger partial charge >= 0.3 is 12.1 Å². The number of alkyl halides is 3. The van der Waals surface area contributed by atoms with E-state index in [1.54, 1.807) is 24.3 Å². The molecular formula is C25H31F3N2O2. The summed E-state index contributed by atoms with van der Waals surface area (Å²) in [6.45, 7) is 4.18. The Kier molecular flexibility index (Phi) is 6.65. The molecule has 4 rings (SSSR count). The lowest BCUT2D eigenvalue weighted by Crippen LogP contribution is -2.35. The van der Waals surface area contributed by atoms with Gasteiger partial charge < -0.3 is 10.4 Å². The third-order valence-electron chi connectivity index (χ3n) is 7.09. The van der Waals surface area contributed by atoms with E-state index in [4.69, 9.17) is 5.11 Å². The number of carboxylic acid groups (broad SMARTS) is 1. The fraction of sp³-hybridized carbons (Fsp3) is 0.560. The molecule has 2 N–H and O–H groups in total. The molecule has 0 radical (unpaired) electrons. The lowest BCUT2D eigenvalue weighted by molar-refractivity contribution is -0.143. The van der Waals surface area contributed by atoms with Gasteiger partial charge in [-0.25, -0.2) is 0 Å². The molecule has 0 bridgehead atoms. The average Bonchev–Trinajstić information content (AvgIpc) is 2.75. The summed E-state index contributed by atoms with van der Waals surface area (Å²) in [6, 6.07) is 8.63. The van der Waals surface area contributed by atoms with Crippen LogP contribution in [0.15, 0.2) is 30.3 Å². The van der Waals surface area contributed by atoms with Crippen LogP contribution in [0.1, 0.15) is 56.6 Å². The molecule has 1 aliphatic heterocycles. The quantitative estimate of drug-likeness (QED) is 0.576. The monoisotopic (exact) mass is 448 g/mol. The van der Waals surface area contributed by atoms with Crippen LogP contribution >= 0.6 is 0 Å². The predicted molar refractivity (Wildman–Crippen MR) is 120 cm³/mol. The maximum atomic E-state index is 14.1. The molecule has 7 heteroatoms. The number of piperidine rings is 1. The van der Waals surface area contributed by atoms with Crippen molar-refractivity contribution < 1.29 is 23.1 Å². The minimum Gasteiger partial charge on any atom is -0.481 e. The number of rotatable bonds is 5. The maximum absolute atomic E-state index is 14.1. The highest BCUT2D eigenvalue weighted by Crippen LogP contribution is 2.41. The Balaban J connectivity index is 1.54. The van der Waals surface area contributed by atoms with Crippen molar-refractivity contribution in [1.29, 1.82) is 0 Å². The van der Waals surface area contributed by atoms with Crippen LogP contribution in [0.2, 0.25) is 0 Å². The predicted octanol–water partition coefficient (Wildman–Crippen LogP) is 6.15. The Morgan fingerprint density at radius 2 is 1.75 bits per heavy atom. The van der Waals surface area contributed by atoms with Gasteiger partial charge in [0.2, 0.25) is 0 Å². The van der Waals surface area contributed by atoms with E-state index in [9.17, 15) is 18.0 Å². The summed E-state index contributed by atoms with van der Waals surface area (Å²) in [7, 11) is 0. The molecule has 0 aromatic heterocycles. The molecule has 174 valence electrons. The number of hydrogen-bond acceptors (Lipinski definition) is 3. The molecule has 32 heavy (non-hydrogen) atoms. The number of halogens is 3. The summed E-state index contributed by atoms with van der Waals surface area (Å²) in [5, 5.41) is 13.1. The Labute approximate surface area is 186 Å². The fourth-order valence-electron chi connectivity index (χ4n) is 5.12. The number of anilines is 1. The van der Waals surface area contributed by atoms with Crippen LogP contribution in [0.5, 0.6) is 0 Å². The highest BCUT2D eigenvalue weighted by Gasteiger charge is 2.36. The number of carboxylic acids is 1. The molecule has 0 atom stereocenters. The lowest BCUT2D eigenvalue weighted by atomic mass is 9.87. The van der Waals surface area contributed by atoms with Gasteiger partial charge in [0.1, 0.15) is 0 Å². The van der Waals surface area contributed by atoms with E-state index in [1.807, 2.05) is 6.07 Å². The van der Waals surface area contributed by atoms with Crippen LogP contribution < -0.4 is 5.32 Å². The molecule has 1 aliphatic carbocycles. The van der Waals surface area contributed by atoms with Gasteiger partial charge in [-0.2, -0.15) is 13.2 Å². The molecule has 2 fully saturated rings. The summed E-state index contributed by atoms with van der Waals surface area (Å²) >= 11 is 0. The van der Waals surface area contributed by atoms with Gasteiger partial charge in [0.15, 0.2) is 0 Å². The molecule has 1 heterocycles. The smallest absolute Gasteiger partial charge is 0.418 e. The number of nitrogens with zero attached hydrogens (tertiary/aromatic N) is 1. The van der Waals surface area contributed by atoms with Gasteiger partial charge in [-0.15, -0.1) is 0 Å². The van der Waals surface area contributed by atoms with E-state index in [0.717, 1.165) is 31.2 Å². The molecule has 2 aromatic carbocycles. The third kappa shape index (κ3) is 5.20. The number of fused-ring (bicyclic) bond motifs is 1. The molecule has 1 saturated heterocycles. The van der Waals surface area contributed by atoms with Gasteiger partial charge in [0.05, 0.1) is 11.5 Å². The second-order valence-electron chi connectivity index (χ2n) is 9.53. The Bertz CT molecular complexity index is 960. The van der Waals surface area contributed by atoms with Crippen molar-refractivity contribution in [3.05, 3.63) is 41.5 Å². The van der Waals surface area contributed by atoms with Crippen molar-refractivity contribution in [1.82, 2.24) is 4.90 Å². The van der Waals surface area contributed by atoms with Crippen molar-refractivity contribution in [3.8, 4) is 0 Å². The number of carbonyl (C=O) groups is 1. The second kappa shape index (κ2) is 9.30. The highest BCUT2D eigenvalue weighted by atomic mass is 19.4. The van der Waals surface area contributed by atoms with Gasteiger partial charge in [-0.3, -0.25) is 9.69 Å². The van der Waals surface area contributed by atoms with E-state index >= 15 is 0 Å². The van der Waals surface area contributed by atoms with Crippen molar-refractivity contribution in [2.24, 2.45) is 11.8 Å². The number of likely N-dealkylation sites (tertiary alicyclic amines) is 1. The van der Waals surface area contributed by atoms with Crippen molar-refractivity contribution >= 4 is 22.4 Å². The van der Waals surface area contributed by atoms with Crippen LogP contribution in [-0.4, -0.2) is 35.1 Å². The van der Waals surface area contributed by atoms with Gasteiger partial charge in [-0.1, -0.05) is 25.1 Å². The molecular weight excluding hydrogens is 417 g/mol. The van der Waals surface area contributed by atoms with Crippen LogP contribution in [0.4, 0.5) is 18.9 Å². The standard InChI is InChI=1S/C25H31F3N2O2/c1-16-2-6-20(7-3-16)29-22-9-5-19-14-17(4-8-21(19)23(22)25(26,27)28)15-30-12-10-18(11-13-30)24(31)32/h4-5,8-9,14,16,18,20,29H,2-3,6-7,10-13,15H2,1H3,(H,31,32)/t16-,20+. The summed E-state index contributed by atoms with van der Waals surface area (Å²) in [6.07, 6.45) is 0.650. The minimum atomic E-state index is -4.44. The van der Waals surface area contributed by atoms with Crippen molar-refractivity contribution in [3.63, 3.8) is 0 Å². The van der Waals surface area contributed by atoms with E-state index in [-0.39, 0.29) is 23.0 Å². The van der Waals surface area contributed by atoms with E-state index in [2.05, 4.69) is 17.1 Å². The molecule has 2 aliphatic rings. The number of nitrogens with one attached hydrogen (secondary N) is 1. The zero-order chi connectivity index (χ0) is 22.9. The topological polar surface area (TPSA) is 52.6 Å². The number of hydrogen-bond donors (Lipinski definition) is 2. The summed E-state index contributed by atoms with van der Waals surface area (Å²) in [4.78, 5) is 13.3. The van der Waals surface area contributed by atoms with E-state index in [1.165, 1.54) is 0 Å².